The van der Waals surface area contributed by atoms with Crippen molar-refractivity contribution in [3.05, 3.63) is 60.2 Å². The van der Waals surface area contributed by atoms with Gasteiger partial charge in [0.25, 0.3) is 0 Å². The van der Waals surface area contributed by atoms with Crippen LogP contribution in [0.5, 0.6) is 0 Å². The number of nitrogens with zero attached hydrogens (tertiary/aromatic N) is 3. The molecule has 0 radical (unpaired) electrons. The van der Waals surface area contributed by atoms with Gasteiger partial charge in [0.15, 0.2) is 0 Å². The van der Waals surface area contributed by atoms with Crippen LogP contribution in [0.2, 0.25) is 0 Å². The average Bonchev–Trinajstić information content (AvgIpc) is 2.73. The number of benzene rings is 1. The lowest BCUT2D eigenvalue weighted by Gasteiger charge is -2.03. The molecule has 1 aromatic carbocycles. The van der Waals surface area contributed by atoms with E-state index in [4.69, 9.17) is 0 Å². The van der Waals surface area contributed by atoms with E-state index in [2.05, 4.69) is 45.6 Å². The SMILES string of the molecule is C=CCCCc1nnc(Cc2ccccc2)n1C. The fraction of sp³-hybridized carbons (Fsp3) is 0.333. The van der Waals surface area contributed by atoms with Crippen molar-refractivity contribution in [3.8, 4) is 0 Å². The minimum absolute atomic E-state index is 0.839. The van der Waals surface area contributed by atoms with E-state index in [1.54, 1.807) is 0 Å². The standard InChI is InChI=1S/C15H19N3/c1-3-4-6-11-14-16-17-15(18(14)2)12-13-9-7-5-8-10-13/h3,5,7-10H,1,4,6,11-12H2,2H3. The number of allylic oxidation sites excluding steroid dienone is 1. The Labute approximate surface area is 108 Å². The summed E-state index contributed by atoms with van der Waals surface area (Å²) in [4.78, 5) is 0. The quantitative estimate of drug-likeness (QED) is 0.575. The molecule has 0 spiro atoms. The predicted molar refractivity (Wildman–Crippen MR) is 73.4 cm³/mol. The van der Waals surface area contributed by atoms with Crippen LogP contribution in [0.15, 0.2) is 43.0 Å². The third-order valence-electron chi connectivity index (χ3n) is 3.07. The highest BCUT2D eigenvalue weighted by Gasteiger charge is 2.08. The Balaban J connectivity index is 2.04. The van der Waals surface area contributed by atoms with Crippen molar-refractivity contribution >= 4 is 0 Å². The molecule has 2 aromatic rings. The fourth-order valence-corrected chi connectivity index (χ4v) is 1.95. The molecule has 0 aliphatic rings. The first-order valence-electron chi connectivity index (χ1n) is 6.33. The maximum absolute atomic E-state index is 4.28. The van der Waals surface area contributed by atoms with Crippen molar-refractivity contribution in [3.63, 3.8) is 0 Å². The number of hydrogen-bond donors (Lipinski definition) is 0. The Morgan fingerprint density at radius 2 is 1.89 bits per heavy atom. The number of hydrogen-bond acceptors (Lipinski definition) is 2. The van der Waals surface area contributed by atoms with E-state index in [9.17, 15) is 0 Å². The molecule has 2 rings (SSSR count). The molecular formula is C15H19N3. The molecule has 18 heavy (non-hydrogen) atoms. The molecule has 0 saturated carbocycles. The molecular weight excluding hydrogens is 222 g/mol. The highest BCUT2D eigenvalue weighted by Crippen LogP contribution is 2.09. The van der Waals surface area contributed by atoms with Gasteiger partial charge >= 0.3 is 0 Å². The molecule has 0 amide bonds. The minimum Gasteiger partial charge on any atom is -0.318 e. The van der Waals surface area contributed by atoms with Crippen LogP contribution < -0.4 is 0 Å². The lowest BCUT2D eigenvalue weighted by atomic mass is 10.1. The maximum atomic E-state index is 4.28. The van der Waals surface area contributed by atoms with Crippen LogP contribution in [-0.2, 0) is 19.9 Å². The first kappa shape index (κ1) is 12.6. The molecule has 0 fully saturated rings. The number of rotatable bonds is 6. The van der Waals surface area contributed by atoms with Crippen molar-refractivity contribution < 1.29 is 0 Å². The van der Waals surface area contributed by atoms with E-state index in [0.717, 1.165) is 37.3 Å². The molecule has 3 nitrogen and oxygen atoms in total. The Bertz CT molecular complexity index is 500. The van der Waals surface area contributed by atoms with Crippen LogP contribution >= 0.6 is 0 Å². The summed E-state index contributed by atoms with van der Waals surface area (Å²) >= 11 is 0. The van der Waals surface area contributed by atoms with Crippen LogP contribution in [0.3, 0.4) is 0 Å². The first-order chi connectivity index (χ1) is 8.81. The van der Waals surface area contributed by atoms with Gasteiger partial charge in [-0.05, 0) is 18.4 Å². The summed E-state index contributed by atoms with van der Waals surface area (Å²) in [5.74, 6) is 2.08. The van der Waals surface area contributed by atoms with E-state index < -0.39 is 0 Å². The molecule has 3 heteroatoms. The smallest absolute Gasteiger partial charge is 0.137 e. The summed E-state index contributed by atoms with van der Waals surface area (Å²) in [6.45, 7) is 3.73. The third kappa shape index (κ3) is 3.06. The van der Waals surface area contributed by atoms with E-state index in [0.29, 0.717) is 0 Å². The maximum Gasteiger partial charge on any atom is 0.137 e. The summed E-state index contributed by atoms with van der Waals surface area (Å²) in [5, 5.41) is 8.54. The summed E-state index contributed by atoms with van der Waals surface area (Å²) < 4.78 is 2.11. The van der Waals surface area contributed by atoms with Crippen LogP contribution in [0, 0.1) is 0 Å². The predicted octanol–water partition coefficient (Wildman–Crippen LogP) is 2.91. The van der Waals surface area contributed by atoms with Gasteiger partial charge in [0, 0.05) is 19.9 Å². The van der Waals surface area contributed by atoms with Gasteiger partial charge in [-0.2, -0.15) is 0 Å². The molecule has 0 atom stereocenters. The normalized spacial score (nSPS) is 10.5. The summed E-state index contributed by atoms with van der Waals surface area (Å²) in [6, 6.07) is 10.4. The number of aromatic nitrogens is 3. The van der Waals surface area contributed by atoms with E-state index in [1.807, 2.05) is 19.2 Å². The molecule has 0 unspecified atom stereocenters. The zero-order chi connectivity index (χ0) is 12.8. The summed E-state index contributed by atoms with van der Waals surface area (Å²) in [6.07, 6.45) is 5.86. The van der Waals surface area contributed by atoms with Gasteiger partial charge in [-0.25, -0.2) is 0 Å². The molecule has 1 aromatic heterocycles. The van der Waals surface area contributed by atoms with E-state index in [1.165, 1.54) is 5.56 Å². The van der Waals surface area contributed by atoms with Gasteiger partial charge in [0.05, 0.1) is 0 Å². The van der Waals surface area contributed by atoms with Crippen LogP contribution in [-0.4, -0.2) is 14.8 Å². The first-order valence-corrected chi connectivity index (χ1v) is 6.33. The number of aryl methyl sites for hydroxylation is 1. The molecule has 0 aliphatic heterocycles. The summed E-state index contributed by atoms with van der Waals surface area (Å²) in [7, 11) is 2.04. The average molecular weight is 241 g/mol. The lowest BCUT2D eigenvalue weighted by Crippen LogP contribution is -2.03. The second kappa shape index (κ2) is 6.15. The largest absolute Gasteiger partial charge is 0.318 e. The van der Waals surface area contributed by atoms with Crippen molar-refractivity contribution in [1.29, 1.82) is 0 Å². The minimum atomic E-state index is 0.839. The second-order valence-electron chi connectivity index (χ2n) is 4.43. The Morgan fingerprint density at radius 3 is 2.61 bits per heavy atom. The van der Waals surface area contributed by atoms with Crippen LogP contribution in [0.25, 0.3) is 0 Å². The van der Waals surface area contributed by atoms with E-state index in [-0.39, 0.29) is 0 Å². The van der Waals surface area contributed by atoms with Crippen LogP contribution in [0.4, 0.5) is 0 Å². The highest BCUT2D eigenvalue weighted by atomic mass is 15.3. The van der Waals surface area contributed by atoms with Gasteiger partial charge in [-0.1, -0.05) is 36.4 Å². The van der Waals surface area contributed by atoms with Gasteiger partial charge in [-0.3, -0.25) is 0 Å². The lowest BCUT2D eigenvalue weighted by molar-refractivity contribution is 0.715. The molecule has 94 valence electrons. The highest BCUT2D eigenvalue weighted by molar-refractivity contribution is 5.19. The van der Waals surface area contributed by atoms with Crippen molar-refractivity contribution in [2.75, 3.05) is 0 Å². The van der Waals surface area contributed by atoms with Crippen LogP contribution in [0.1, 0.15) is 30.1 Å². The fourth-order valence-electron chi connectivity index (χ4n) is 1.95. The topological polar surface area (TPSA) is 30.7 Å². The van der Waals surface area contributed by atoms with E-state index >= 15 is 0 Å². The molecule has 0 bridgehead atoms. The molecule has 0 aliphatic carbocycles. The zero-order valence-electron chi connectivity index (χ0n) is 10.8. The molecule has 0 N–H and O–H groups in total. The molecule has 1 heterocycles. The Hall–Kier alpha value is -1.90. The van der Waals surface area contributed by atoms with Gasteiger partial charge in [-0.15, -0.1) is 16.8 Å². The summed E-state index contributed by atoms with van der Waals surface area (Å²) in [5.41, 5.74) is 1.27. The number of unbranched alkanes of at least 4 members (excludes halogenated alkanes) is 1. The molecule has 0 saturated heterocycles. The Kier molecular flexibility index (Phi) is 4.29. The monoisotopic (exact) mass is 241 g/mol. The zero-order valence-corrected chi connectivity index (χ0v) is 10.8. The Morgan fingerprint density at radius 1 is 1.17 bits per heavy atom. The van der Waals surface area contributed by atoms with Crippen molar-refractivity contribution in [1.82, 2.24) is 14.8 Å². The van der Waals surface area contributed by atoms with Crippen molar-refractivity contribution in [2.45, 2.75) is 25.7 Å². The van der Waals surface area contributed by atoms with Crippen molar-refractivity contribution in [2.24, 2.45) is 7.05 Å². The van der Waals surface area contributed by atoms with Gasteiger partial charge in [0.2, 0.25) is 0 Å². The van der Waals surface area contributed by atoms with Gasteiger partial charge in [0.1, 0.15) is 11.6 Å². The second-order valence-corrected chi connectivity index (χ2v) is 4.43. The van der Waals surface area contributed by atoms with Gasteiger partial charge < -0.3 is 4.57 Å². The third-order valence-corrected chi connectivity index (χ3v) is 3.07.